The maximum absolute atomic E-state index is 13.3. The van der Waals surface area contributed by atoms with Crippen LogP contribution in [0.3, 0.4) is 0 Å². The number of ether oxygens (including phenoxy) is 2. The summed E-state index contributed by atoms with van der Waals surface area (Å²) in [5, 5.41) is 4.07. The summed E-state index contributed by atoms with van der Waals surface area (Å²) in [6, 6.07) is 5.22. The lowest BCUT2D eigenvalue weighted by molar-refractivity contribution is -0.137. The first-order chi connectivity index (χ1) is 14.0. The fourth-order valence-corrected chi connectivity index (χ4v) is 5.35. The topological polar surface area (TPSA) is 87.5 Å². The van der Waals surface area contributed by atoms with Gasteiger partial charge in [0.05, 0.1) is 20.9 Å². The summed E-state index contributed by atoms with van der Waals surface area (Å²) in [6.07, 6.45) is -4.72. The Morgan fingerprint density at radius 2 is 2.10 bits per heavy atom. The van der Waals surface area contributed by atoms with E-state index in [2.05, 4.69) is 5.10 Å². The van der Waals surface area contributed by atoms with Gasteiger partial charge in [-0.15, -0.1) is 0 Å². The SMILES string of the molecule is COCn1nc(C=O)cc1C1C[C@@](C)(S(=O)(=O)c2cccc(C(F)(F)F)c2)CCO1. The highest BCUT2D eigenvalue weighted by Gasteiger charge is 2.46. The predicted octanol–water partition coefficient (Wildman–Crippen LogP) is 3.40. The zero-order valence-electron chi connectivity index (χ0n) is 16.3. The highest BCUT2D eigenvalue weighted by atomic mass is 32.2. The summed E-state index contributed by atoms with van der Waals surface area (Å²) >= 11 is 0. The number of sulfone groups is 1. The van der Waals surface area contributed by atoms with E-state index in [4.69, 9.17) is 9.47 Å². The largest absolute Gasteiger partial charge is 0.416 e. The molecule has 1 unspecified atom stereocenters. The molecule has 0 N–H and O–H groups in total. The average molecular weight is 446 g/mol. The molecule has 0 bridgehead atoms. The molecule has 1 saturated heterocycles. The van der Waals surface area contributed by atoms with E-state index in [9.17, 15) is 26.4 Å². The Labute approximate surface area is 171 Å². The van der Waals surface area contributed by atoms with Crippen LogP contribution in [0.4, 0.5) is 13.2 Å². The molecule has 0 aliphatic carbocycles. The van der Waals surface area contributed by atoms with Gasteiger partial charge in [-0.05, 0) is 44.0 Å². The van der Waals surface area contributed by atoms with Crippen molar-refractivity contribution < 1.29 is 35.9 Å². The first kappa shape index (κ1) is 22.4. The summed E-state index contributed by atoms with van der Waals surface area (Å²) in [6.45, 7) is 1.60. The molecule has 0 spiro atoms. The van der Waals surface area contributed by atoms with E-state index in [1.54, 1.807) is 0 Å². The van der Waals surface area contributed by atoms with Gasteiger partial charge in [0.2, 0.25) is 0 Å². The van der Waals surface area contributed by atoms with E-state index in [1.165, 1.54) is 30.8 Å². The van der Waals surface area contributed by atoms with Gasteiger partial charge in [-0.1, -0.05) is 6.07 Å². The molecule has 164 valence electrons. The molecule has 2 heterocycles. The summed E-state index contributed by atoms with van der Waals surface area (Å²) in [5.74, 6) is 0. The van der Waals surface area contributed by atoms with Crippen molar-refractivity contribution in [3.05, 3.63) is 47.3 Å². The molecule has 1 aromatic carbocycles. The molecule has 1 aliphatic rings. The molecule has 0 saturated carbocycles. The quantitative estimate of drug-likeness (QED) is 0.632. The van der Waals surface area contributed by atoms with E-state index in [0.29, 0.717) is 18.0 Å². The summed E-state index contributed by atoms with van der Waals surface area (Å²) in [7, 11) is -2.68. The minimum absolute atomic E-state index is 0.0146. The zero-order valence-corrected chi connectivity index (χ0v) is 17.2. The molecular formula is C19H21F3N2O5S. The molecule has 0 amide bonds. The Balaban J connectivity index is 1.97. The monoisotopic (exact) mass is 446 g/mol. The number of hydrogen-bond donors (Lipinski definition) is 0. The van der Waals surface area contributed by atoms with Crippen LogP contribution in [0, 0.1) is 0 Å². The van der Waals surface area contributed by atoms with Crippen LogP contribution >= 0.6 is 0 Å². The van der Waals surface area contributed by atoms with Crippen molar-refractivity contribution in [2.75, 3.05) is 13.7 Å². The number of carbonyl (C=O) groups is 1. The van der Waals surface area contributed by atoms with Crippen molar-refractivity contribution in [1.82, 2.24) is 9.78 Å². The first-order valence-corrected chi connectivity index (χ1v) is 10.6. The van der Waals surface area contributed by atoms with E-state index in [1.807, 2.05) is 0 Å². The summed E-state index contributed by atoms with van der Waals surface area (Å²) in [5.41, 5.74) is -0.424. The van der Waals surface area contributed by atoms with Gasteiger partial charge < -0.3 is 9.47 Å². The van der Waals surface area contributed by atoms with Crippen LogP contribution in [0.5, 0.6) is 0 Å². The number of alkyl halides is 3. The number of aromatic nitrogens is 2. The van der Waals surface area contributed by atoms with E-state index in [0.717, 1.165) is 12.1 Å². The maximum Gasteiger partial charge on any atom is 0.416 e. The van der Waals surface area contributed by atoms with Gasteiger partial charge in [0.15, 0.2) is 16.1 Å². The molecule has 7 nitrogen and oxygen atoms in total. The second kappa shape index (κ2) is 8.12. The van der Waals surface area contributed by atoms with Crippen LogP contribution in [-0.2, 0) is 32.2 Å². The maximum atomic E-state index is 13.3. The molecule has 0 radical (unpaired) electrons. The molecule has 3 rings (SSSR count). The van der Waals surface area contributed by atoms with E-state index >= 15 is 0 Å². The molecule has 1 aromatic heterocycles. The number of hydrogen-bond acceptors (Lipinski definition) is 6. The minimum atomic E-state index is -4.65. The van der Waals surface area contributed by atoms with Crippen molar-refractivity contribution in [2.24, 2.45) is 0 Å². The normalized spacial score (nSPS) is 22.8. The standard InChI is InChI=1S/C19H21F3N2O5S/c1-18(30(26,27)15-5-3-4-13(8-15)19(20,21)22)6-7-29-17(10-18)16-9-14(11-25)23-24(16)12-28-2/h3-5,8-9,11,17H,6-7,10,12H2,1-2H3/t17?,18-/m0/s1. The summed E-state index contributed by atoms with van der Waals surface area (Å²) < 4.78 is 76.6. The molecule has 11 heteroatoms. The summed E-state index contributed by atoms with van der Waals surface area (Å²) in [4.78, 5) is 10.7. The van der Waals surface area contributed by atoms with Gasteiger partial charge in [-0.25, -0.2) is 13.1 Å². The molecule has 1 fully saturated rings. The number of methoxy groups -OCH3 is 1. The minimum Gasteiger partial charge on any atom is -0.372 e. The van der Waals surface area contributed by atoms with Crippen LogP contribution in [0.15, 0.2) is 35.2 Å². The Morgan fingerprint density at radius 1 is 1.37 bits per heavy atom. The number of aldehydes is 1. The third kappa shape index (κ3) is 4.14. The van der Waals surface area contributed by atoms with Crippen LogP contribution in [0.1, 0.15) is 47.6 Å². The van der Waals surface area contributed by atoms with Gasteiger partial charge in [0, 0.05) is 13.7 Å². The Bertz CT molecular complexity index is 1040. The van der Waals surface area contributed by atoms with Crippen LogP contribution in [0.2, 0.25) is 0 Å². The Morgan fingerprint density at radius 3 is 2.73 bits per heavy atom. The fourth-order valence-electron chi connectivity index (χ4n) is 3.52. The van der Waals surface area contributed by atoms with Gasteiger partial charge in [0.25, 0.3) is 0 Å². The van der Waals surface area contributed by atoms with E-state index in [-0.39, 0.29) is 36.8 Å². The number of benzene rings is 1. The second-order valence-corrected chi connectivity index (χ2v) is 9.79. The predicted molar refractivity (Wildman–Crippen MR) is 99.6 cm³/mol. The van der Waals surface area contributed by atoms with Crippen LogP contribution < -0.4 is 0 Å². The van der Waals surface area contributed by atoms with Crippen molar-refractivity contribution in [1.29, 1.82) is 0 Å². The van der Waals surface area contributed by atoms with Gasteiger partial charge in [0.1, 0.15) is 18.5 Å². The third-order valence-electron chi connectivity index (χ3n) is 5.22. The molecule has 2 atom stereocenters. The Kier molecular flexibility index (Phi) is 6.08. The highest BCUT2D eigenvalue weighted by molar-refractivity contribution is 7.92. The van der Waals surface area contributed by atoms with Crippen molar-refractivity contribution in [3.63, 3.8) is 0 Å². The lowest BCUT2D eigenvalue weighted by Crippen LogP contribution is -2.42. The fraction of sp³-hybridized carbons (Fsp3) is 0.474. The second-order valence-electron chi connectivity index (χ2n) is 7.32. The average Bonchev–Trinajstić information content (AvgIpc) is 3.11. The van der Waals surface area contributed by atoms with Crippen molar-refractivity contribution in [2.45, 2.75) is 48.4 Å². The molecule has 2 aromatic rings. The first-order valence-electron chi connectivity index (χ1n) is 9.07. The van der Waals surface area contributed by atoms with Gasteiger partial charge in [-0.3, -0.25) is 4.79 Å². The lowest BCUT2D eigenvalue weighted by Gasteiger charge is -2.37. The third-order valence-corrected chi connectivity index (χ3v) is 7.76. The molecule has 30 heavy (non-hydrogen) atoms. The van der Waals surface area contributed by atoms with E-state index < -0.39 is 32.4 Å². The van der Waals surface area contributed by atoms with Crippen molar-refractivity contribution >= 4 is 16.1 Å². The van der Waals surface area contributed by atoms with Gasteiger partial charge in [-0.2, -0.15) is 18.3 Å². The molecule has 1 aliphatic heterocycles. The highest BCUT2D eigenvalue weighted by Crippen LogP contribution is 2.42. The smallest absolute Gasteiger partial charge is 0.372 e. The number of nitrogens with zero attached hydrogens (tertiary/aromatic N) is 2. The number of halogens is 3. The Hall–Kier alpha value is -2.24. The number of rotatable bonds is 6. The zero-order chi connectivity index (χ0) is 22.2. The van der Waals surface area contributed by atoms with Gasteiger partial charge >= 0.3 is 6.18 Å². The van der Waals surface area contributed by atoms with Crippen LogP contribution in [0.25, 0.3) is 0 Å². The van der Waals surface area contributed by atoms with Crippen molar-refractivity contribution in [3.8, 4) is 0 Å². The molecular weight excluding hydrogens is 425 g/mol. The number of carbonyl (C=O) groups excluding carboxylic acids is 1. The van der Waals surface area contributed by atoms with Crippen LogP contribution in [-0.4, -0.2) is 42.9 Å². The lowest BCUT2D eigenvalue weighted by atomic mass is 9.94.